The maximum Gasteiger partial charge on any atom is 0.235 e. The minimum absolute atomic E-state index is 0.0228. The molecule has 1 aromatic carbocycles. The molecule has 0 fully saturated rings. The van der Waals surface area contributed by atoms with E-state index in [1.807, 2.05) is 15.3 Å². The summed E-state index contributed by atoms with van der Waals surface area (Å²) < 4.78 is 3.90. The van der Waals surface area contributed by atoms with Crippen molar-refractivity contribution in [3.05, 3.63) is 53.6 Å². The number of benzene rings is 1. The van der Waals surface area contributed by atoms with Crippen LogP contribution < -0.4 is 0 Å². The average Bonchev–Trinajstić information content (AvgIpc) is 3.27. The van der Waals surface area contributed by atoms with Crippen molar-refractivity contribution >= 4 is 0 Å². The van der Waals surface area contributed by atoms with E-state index in [0.29, 0.717) is 6.54 Å². The zero-order valence-electron chi connectivity index (χ0n) is 17.1. The monoisotopic (exact) mass is 381 g/mol. The Morgan fingerprint density at radius 2 is 1.82 bits per heavy atom. The van der Waals surface area contributed by atoms with E-state index < -0.39 is 0 Å². The number of aryl methyl sites for hydroxylation is 3. The van der Waals surface area contributed by atoms with Crippen molar-refractivity contribution in [3.63, 3.8) is 0 Å². The summed E-state index contributed by atoms with van der Waals surface area (Å²) in [6.07, 6.45) is 10.3. The van der Waals surface area contributed by atoms with Gasteiger partial charge in [0.1, 0.15) is 0 Å². The maximum atomic E-state index is 10.7. The average molecular weight is 382 g/mol. The lowest BCUT2D eigenvalue weighted by Crippen LogP contribution is -2.05. The van der Waals surface area contributed by atoms with Gasteiger partial charge in [0, 0.05) is 31.0 Å². The molecule has 0 saturated carbocycles. The summed E-state index contributed by atoms with van der Waals surface area (Å²) in [6, 6.07) is 6.35. The van der Waals surface area contributed by atoms with Crippen LogP contribution in [0.1, 0.15) is 49.3 Å². The molecule has 28 heavy (non-hydrogen) atoms. The number of unbranched alkanes of at least 4 members (excludes halogenated alkanes) is 2. The van der Waals surface area contributed by atoms with E-state index in [0.717, 1.165) is 55.5 Å². The quantitative estimate of drug-likeness (QED) is 0.501. The maximum absolute atomic E-state index is 10.7. The molecule has 5 heteroatoms. The number of rotatable bonds is 9. The largest absolute Gasteiger partial charge is 0.503 e. The highest BCUT2D eigenvalue weighted by Gasteiger charge is 2.23. The van der Waals surface area contributed by atoms with Crippen molar-refractivity contribution in [1.29, 1.82) is 0 Å². The van der Waals surface area contributed by atoms with Gasteiger partial charge in [-0.1, -0.05) is 31.9 Å². The SMILES string of the molecule is CCCCCc1c(O)c(O)n(CCCn2ccnc2)c1-c1ccc(C)c(C)c1. The van der Waals surface area contributed by atoms with Gasteiger partial charge in [-0.3, -0.25) is 0 Å². The molecule has 0 bridgehead atoms. The Hall–Kier alpha value is -2.69. The summed E-state index contributed by atoms with van der Waals surface area (Å²) >= 11 is 0. The van der Waals surface area contributed by atoms with Gasteiger partial charge in [0.15, 0.2) is 5.75 Å². The second-order valence-corrected chi connectivity index (χ2v) is 7.56. The molecule has 150 valence electrons. The van der Waals surface area contributed by atoms with Crippen LogP contribution in [0.4, 0.5) is 0 Å². The van der Waals surface area contributed by atoms with E-state index in [1.165, 1.54) is 11.1 Å². The minimum atomic E-state index is -0.0228. The third kappa shape index (κ3) is 4.24. The number of aromatic hydroxyl groups is 2. The Labute approximate surface area is 167 Å². The third-order valence-corrected chi connectivity index (χ3v) is 5.48. The van der Waals surface area contributed by atoms with Crippen molar-refractivity contribution in [3.8, 4) is 22.9 Å². The topological polar surface area (TPSA) is 63.2 Å². The van der Waals surface area contributed by atoms with Crippen LogP contribution in [0.5, 0.6) is 11.6 Å². The standard InChI is InChI=1S/C23H31N3O2/c1-4-5-6-8-20-21(19-10-9-17(2)18(3)15-19)26(23(28)22(20)27)13-7-12-25-14-11-24-16-25/h9-11,14-16,27-28H,4-8,12-13H2,1-3H3. The molecule has 0 unspecified atom stereocenters. The Kier molecular flexibility index (Phi) is 6.45. The third-order valence-electron chi connectivity index (χ3n) is 5.48. The molecule has 2 heterocycles. The lowest BCUT2D eigenvalue weighted by Gasteiger charge is -2.14. The van der Waals surface area contributed by atoms with E-state index in [2.05, 4.69) is 44.0 Å². The number of aromatic nitrogens is 3. The molecular formula is C23H31N3O2. The van der Waals surface area contributed by atoms with Crippen LogP contribution in [0.25, 0.3) is 11.3 Å². The molecule has 0 spiro atoms. The highest BCUT2D eigenvalue weighted by atomic mass is 16.3. The number of hydrogen-bond acceptors (Lipinski definition) is 3. The Morgan fingerprint density at radius 3 is 2.50 bits per heavy atom. The minimum Gasteiger partial charge on any atom is -0.503 e. The summed E-state index contributed by atoms with van der Waals surface area (Å²) in [5, 5.41) is 21.4. The molecular weight excluding hydrogens is 350 g/mol. The molecule has 0 atom stereocenters. The predicted molar refractivity (Wildman–Crippen MR) is 113 cm³/mol. The van der Waals surface area contributed by atoms with Gasteiger partial charge in [-0.25, -0.2) is 4.98 Å². The first kappa shape index (κ1) is 20.1. The fraction of sp³-hybridized carbons (Fsp3) is 0.435. The van der Waals surface area contributed by atoms with E-state index in [1.54, 1.807) is 12.5 Å². The lowest BCUT2D eigenvalue weighted by molar-refractivity contribution is 0.367. The summed E-state index contributed by atoms with van der Waals surface area (Å²) in [6.45, 7) is 7.81. The molecule has 2 aromatic heterocycles. The normalized spacial score (nSPS) is 11.2. The van der Waals surface area contributed by atoms with Crippen molar-refractivity contribution in [2.75, 3.05) is 0 Å². The second-order valence-electron chi connectivity index (χ2n) is 7.56. The Balaban J connectivity index is 1.96. The predicted octanol–water partition coefficient (Wildman–Crippen LogP) is 5.20. The molecule has 3 aromatic rings. The molecule has 0 saturated heterocycles. The highest BCUT2D eigenvalue weighted by Crippen LogP contribution is 2.42. The van der Waals surface area contributed by atoms with Crippen LogP contribution >= 0.6 is 0 Å². The molecule has 3 rings (SSSR count). The number of nitrogens with zero attached hydrogens (tertiary/aromatic N) is 3. The lowest BCUT2D eigenvalue weighted by atomic mass is 9.99. The van der Waals surface area contributed by atoms with Crippen LogP contribution in [-0.2, 0) is 19.5 Å². The fourth-order valence-corrected chi connectivity index (χ4v) is 3.70. The van der Waals surface area contributed by atoms with Crippen LogP contribution in [0.3, 0.4) is 0 Å². The summed E-state index contributed by atoms with van der Waals surface area (Å²) in [5.41, 5.74) is 5.30. The van der Waals surface area contributed by atoms with E-state index in [9.17, 15) is 10.2 Å². The van der Waals surface area contributed by atoms with Crippen molar-refractivity contribution in [2.45, 2.75) is 66.0 Å². The Bertz CT molecular complexity index is 911. The fourth-order valence-electron chi connectivity index (χ4n) is 3.70. The van der Waals surface area contributed by atoms with Crippen molar-refractivity contribution < 1.29 is 10.2 Å². The highest BCUT2D eigenvalue weighted by molar-refractivity contribution is 5.71. The number of imidazole rings is 1. The number of hydrogen-bond donors (Lipinski definition) is 2. The summed E-state index contributed by atoms with van der Waals surface area (Å²) in [4.78, 5) is 4.08. The van der Waals surface area contributed by atoms with Crippen LogP contribution in [0, 0.1) is 13.8 Å². The van der Waals surface area contributed by atoms with Gasteiger partial charge in [0.25, 0.3) is 0 Å². The smallest absolute Gasteiger partial charge is 0.235 e. The molecule has 5 nitrogen and oxygen atoms in total. The zero-order valence-corrected chi connectivity index (χ0v) is 17.1. The summed E-state index contributed by atoms with van der Waals surface area (Å²) in [7, 11) is 0. The van der Waals surface area contributed by atoms with Gasteiger partial charge in [-0.2, -0.15) is 0 Å². The second kappa shape index (κ2) is 9.00. The van der Waals surface area contributed by atoms with Crippen LogP contribution in [0.2, 0.25) is 0 Å². The van der Waals surface area contributed by atoms with Gasteiger partial charge in [-0.05, 0) is 55.9 Å². The van der Waals surface area contributed by atoms with Crippen LogP contribution in [-0.4, -0.2) is 24.3 Å². The van der Waals surface area contributed by atoms with Gasteiger partial charge in [-0.15, -0.1) is 0 Å². The van der Waals surface area contributed by atoms with Gasteiger partial charge in [0.05, 0.1) is 12.0 Å². The molecule has 2 N–H and O–H groups in total. The van der Waals surface area contributed by atoms with Gasteiger partial charge < -0.3 is 19.3 Å². The first-order chi connectivity index (χ1) is 13.5. The van der Waals surface area contributed by atoms with E-state index in [-0.39, 0.29) is 11.6 Å². The first-order valence-corrected chi connectivity index (χ1v) is 10.2. The van der Waals surface area contributed by atoms with E-state index >= 15 is 0 Å². The molecule has 0 amide bonds. The van der Waals surface area contributed by atoms with Gasteiger partial charge in [0.2, 0.25) is 5.88 Å². The van der Waals surface area contributed by atoms with Crippen molar-refractivity contribution in [2.24, 2.45) is 0 Å². The molecule has 0 aliphatic rings. The van der Waals surface area contributed by atoms with Crippen molar-refractivity contribution in [1.82, 2.24) is 14.1 Å². The molecule has 0 aliphatic carbocycles. The van der Waals surface area contributed by atoms with E-state index in [4.69, 9.17) is 0 Å². The molecule has 0 radical (unpaired) electrons. The van der Waals surface area contributed by atoms with Crippen LogP contribution in [0.15, 0.2) is 36.9 Å². The van der Waals surface area contributed by atoms with Gasteiger partial charge >= 0.3 is 0 Å². The summed E-state index contributed by atoms with van der Waals surface area (Å²) in [5.74, 6) is 0.0114. The Morgan fingerprint density at radius 1 is 1.00 bits per heavy atom. The first-order valence-electron chi connectivity index (χ1n) is 10.2. The zero-order chi connectivity index (χ0) is 20.1. The molecule has 0 aliphatic heterocycles.